The van der Waals surface area contributed by atoms with E-state index in [9.17, 15) is 4.79 Å². The number of rotatable bonds is 5. The number of nitrogens with one attached hydrogen (secondary N) is 3. The number of amides is 1. The number of pyridine rings is 3. The third-order valence-electron chi connectivity index (χ3n) is 6.16. The van der Waals surface area contributed by atoms with Crippen molar-refractivity contribution in [3.8, 4) is 33.2 Å². The van der Waals surface area contributed by atoms with E-state index in [0.29, 0.717) is 34.7 Å². The third-order valence-corrected chi connectivity index (χ3v) is 7.19. The molecule has 0 aliphatic heterocycles. The van der Waals surface area contributed by atoms with Gasteiger partial charge in [-0.2, -0.15) is 5.10 Å². The van der Waals surface area contributed by atoms with Gasteiger partial charge in [-0.1, -0.05) is 20.8 Å². The van der Waals surface area contributed by atoms with Crippen LogP contribution in [-0.4, -0.2) is 41.0 Å². The van der Waals surface area contributed by atoms with Crippen molar-refractivity contribution in [2.24, 2.45) is 5.41 Å². The SMILES string of the molecule is Cc1ccc(-c2cncc3[nH]c(-c4n[nH]c5cnc(-c6cncc(NC(=O)CC(C)(C)C)c6)c(F)c45)nc23)s1. The topological polar surface area (TPSA) is 125 Å². The zero-order valence-electron chi connectivity index (χ0n) is 21.8. The van der Waals surface area contributed by atoms with Crippen molar-refractivity contribution in [2.75, 3.05) is 5.32 Å². The maximum Gasteiger partial charge on any atom is 0.224 e. The molecule has 6 rings (SSSR count). The number of H-pyrrole nitrogens is 2. The summed E-state index contributed by atoms with van der Waals surface area (Å²) >= 11 is 1.66. The van der Waals surface area contributed by atoms with Crippen molar-refractivity contribution in [1.82, 2.24) is 35.1 Å². The molecular weight excluding hydrogens is 515 g/mol. The molecule has 0 atom stereocenters. The van der Waals surface area contributed by atoms with E-state index in [1.165, 1.54) is 23.5 Å². The zero-order chi connectivity index (χ0) is 27.3. The number of hydrogen-bond donors (Lipinski definition) is 3. The maximum absolute atomic E-state index is 16.1. The number of anilines is 1. The summed E-state index contributed by atoms with van der Waals surface area (Å²) in [5.41, 5.74) is 3.94. The Morgan fingerprint density at radius 1 is 1.05 bits per heavy atom. The molecular formula is C28H25FN8OS. The highest BCUT2D eigenvalue weighted by Gasteiger charge is 2.22. The Morgan fingerprint density at radius 2 is 1.87 bits per heavy atom. The fourth-order valence-electron chi connectivity index (χ4n) is 4.48. The molecule has 0 saturated heterocycles. The van der Waals surface area contributed by atoms with Crippen molar-refractivity contribution in [3.05, 3.63) is 59.9 Å². The number of aromatic nitrogens is 7. The van der Waals surface area contributed by atoms with Gasteiger partial charge in [0.15, 0.2) is 11.6 Å². The van der Waals surface area contributed by atoms with Crippen molar-refractivity contribution >= 4 is 44.9 Å². The number of aryl methyl sites for hydroxylation is 1. The molecule has 6 aromatic heterocycles. The number of halogens is 1. The number of hydrogen-bond acceptors (Lipinski definition) is 7. The lowest BCUT2D eigenvalue weighted by Crippen LogP contribution is -2.19. The number of thiophene rings is 1. The summed E-state index contributed by atoms with van der Waals surface area (Å²) in [7, 11) is 0. The number of nitrogens with zero attached hydrogens (tertiary/aromatic N) is 5. The predicted molar refractivity (Wildman–Crippen MR) is 151 cm³/mol. The van der Waals surface area contributed by atoms with Crippen molar-refractivity contribution < 1.29 is 9.18 Å². The average molecular weight is 541 g/mol. The van der Waals surface area contributed by atoms with Crippen LogP contribution in [0.15, 0.2) is 49.2 Å². The van der Waals surface area contributed by atoms with Crippen LogP contribution in [0.4, 0.5) is 10.1 Å². The molecule has 6 aromatic rings. The van der Waals surface area contributed by atoms with Crippen LogP contribution in [0.3, 0.4) is 0 Å². The predicted octanol–water partition coefficient (Wildman–Crippen LogP) is 6.51. The van der Waals surface area contributed by atoms with Crippen LogP contribution >= 0.6 is 11.3 Å². The molecule has 0 radical (unpaired) electrons. The summed E-state index contributed by atoms with van der Waals surface area (Å²) in [4.78, 5) is 35.6. The Kier molecular flexibility index (Phi) is 5.95. The number of carbonyl (C=O) groups excluding carboxylic acids is 1. The van der Waals surface area contributed by atoms with Gasteiger partial charge in [0, 0.05) is 39.7 Å². The standard InChI is InChI=1S/C28H25FN8OS/c1-14-5-6-20(39-14)17-11-31-12-19-25(17)35-27(34-19)26-22-18(36-37-26)13-32-24(23(22)29)15-7-16(10-30-9-15)33-21(38)8-28(2,3)4/h5-7,9-13H,8H2,1-4H3,(H,33,38)(H,34,35)(H,36,37). The van der Waals surface area contributed by atoms with E-state index in [2.05, 4.69) is 41.5 Å². The summed E-state index contributed by atoms with van der Waals surface area (Å²) < 4.78 is 16.1. The van der Waals surface area contributed by atoms with Gasteiger partial charge >= 0.3 is 0 Å². The lowest BCUT2D eigenvalue weighted by atomic mass is 9.92. The summed E-state index contributed by atoms with van der Waals surface area (Å²) in [5, 5.41) is 10.3. The van der Waals surface area contributed by atoms with Crippen LogP contribution in [-0.2, 0) is 4.79 Å². The Bertz CT molecular complexity index is 1860. The van der Waals surface area contributed by atoms with Gasteiger partial charge in [-0.3, -0.25) is 24.8 Å². The van der Waals surface area contributed by atoms with Crippen LogP contribution in [0.25, 0.3) is 55.2 Å². The highest BCUT2D eigenvalue weighted by atomic mass is 32.1. The van der Waals surface area contributed by atoms with Gasteiger partial charge in [0.05, 0.1) is 40.7 Å². The fraction of sp³-hybridized carbons (Fsp3) is 0.214. The Balaban J connectivity index is 1.40. The smallest absolute Gasteiger partial charge is 0.224 e. The van der Waals surface area contributed by atoms with Gasteiger partial charge in [-0.05, 0) is 30.5 Å². The lowest BCUT2D eigenvalue weighted by molar-refractivity contribution is -0.117. The molecule has 11 heteroatoms. The third kappa shape index (κ3) is 4.76. The van der Waals surface area contributed by atoms with Gasteiger partial charge in [-0.25, -0.2) is 9.37 Å². The lowest BCUT2D eigenvalue weighted by Gasteiger charge is -2.17. The van der Waals surface area contributed by atoms with E-state index in [1.54, 1.807) is 29.8 Å². The minimum atomic E-state index is -0.566. The minimum absolute atomic E-state index is 0.0945. The molecule has 3 N–H and O–H groups in total. The molecule has 0 bridgehead atoms. The van der Waals surface area contributed by atoms with Gasteiger partial charge < -0.3 is 10.3 Å². The monoisotopic (exact) mass is 540 g/mol. The molecule has 0 aliphatic carbocycles. The summed E-state index contributed by atoms with van der Waals surface area (Å²) in [5.74, 6) is -0.293. The van der Waals surface area contributed by atoms with Crippen molar-refractivity contribution in [2.45, 2.75) is 34.1 Å². The molecule has 0 spiro atoms. The van der Waals surface area contributed by atoms with E-state index in [4.69, 9.17) is 4.98 Å². The molecule has 0 saturated carbocycles. The Labute approximate surface area is 227 Å². The molecule has 6 heterocycles. The van der Waals surface area contributed by atoms with Crippen molar-refractivity contribution in [1.29, 1.82) is 0 Å². The summed E-state index contributed by atoms with van der Waals surface area (Å²) in [6.07, 6.45) is 8.38. The maximum atomic E-state index is 16.1. The molecule has 0 fully saturated rings. The molecule has 0 aliphatic rings. The highest BCUT2D eigenvalue weighted by molar-refractivity contribution is 7.15. The van der Waals surface area contributed by atoms with Crippen LogP contribution in [0.5, 0.6) is 0 Å². The first-order valence-corrected chi connectivity index (χ1v) is 13.2. The first-order chi connectivity index (χ1) is 18.7. The van der Waals surface area contributed by atoms with Gasteiger partial charge in [0.2, 0.25) is 5.91 Å². The molecule has 1 amide bonds. The largest absolute Gasteiger partial charge is 0.335 e. The normalized spacial score (nSPS) is 11.9. The molecule has 39 heavy (non-hydrogen) atoms. The average Bonchev–Trinajstić information content (AvgIpc) is 3.60. The van der Waals surface area contributed by atoms with E-state index < -0.39 is 5.82 Å². The number of carbonyl (C=O) groups is 1. The number of imidazole rings is 1. The quantitative estimate of drug-likeness (QED) is 0.229. The first kappa shape index (κ1) is 24.8. The first-order valence-electron chi connectivity index (χ1n) is 12.3. The van der Waals surface area contributed by atoms with Gasteiger partial charge in [-0.15, -0.1) is 11.3 Å². The zero-order valence-corrected chi connectivity index (χ0v) is 22.6. The molecule has 9 nitrogen and oxygen atoms in total. The number of aromatic amines is 2. The highest BCUT2D eigenvalue weighted by Crippen LogP contribution is 2.36. The second-order valence-corrected chi connectivity index (χ2v) is 11.9. The molecule has 0 unspecified atom stereocenters. The fourth-order valence-corrected chi connectivity index (χ4v) is 5.36. The van der Waals surface area contributed by atoms with Crippen molar-refractivity contribution in [3.63, 3.8) is 0 Å². The second-order valence-electron chi connectivity index (χ2n) is 10.6. The second kappa shape index (κ2) is 9.35. The Morgan fingerprint density at radius 3 is 2.64 bits per heavy atom. The summed E-state index contributed by atoms with van der Waals surface area (Å²) in [6.45, 7) is 8.01. The van der Waals surface area contributed by atoms with E-state index >= 15 is 4.39 Å². The van der Waals surface area contributed by atoms with Crippen LogP contribution in [0.1, 0.15) is 32.1 Å². The van der Waals surface area contributed by atoms with Gasteiger partial charge in [0.25, 0.3) is 0 Å². The van der Waals surface area contributed by atoms with Gasteiger partial charge in [0.1, 0.15) is 16.9 Å². The summed E-state index contributed by atoms with van der Waals surface area (Å²) in [6, 6.07) is 5.75. The Hall–Kier alpha value is -4.51. The minimum Gasteiger partial charge on any atom is -0.335 e. The molecule has 196 valence electrons. The van der Waals surface area contributed by atoms with Crippen LogP contribution in [0, 0.1) is 18.2 Å². The van der Waals surface area contributed by atoms with E-state index in [-0.39, 0.29) is 22.4 Å². The van der Waals surface area contributed by atoms with Crippen LogP contribution < -0.4 is 5.32 Å². The number of fused-ring (bicyclic) bond motifs is 2. The van der Waals surface area contributed by atoms with Crippen LogP contribution in [0.2, 0.25) is 0 Å². The van der Waals surface area contributed by atoms with E-state index in [0.717, 1.165) is 21.5 Å². The van der Waals surface area contributed by atoms with E-state index in [1.807, 2.05) is 33.8 Å². The molecule has 0 aromatic carbocycles.